The summed E-state index contributed by atoms with van der Waals surface area (Å²) in [7, 11) is 0. The molecule has 2 N–H and O–H groups in total. The van der Waals surface area contributed by atoms with Crippen molar-refractivity contribution in [3.05, 3.63) is 82.9 Å². The molecule has 4 aromatic rings. The van der Waals surface area contributed by atoms with Crippen LogP contribution in [0.4, 0.5) is 11.6 Å². The molecule has 0 amide bonds. The minimum Gasteiger partial charge on any atom is -0.384 e. The van der Waals surface area contributed by atoms with Gasteiger partial charge in [-0.15, -0.1) is 6.58 Å². The summed E-state index contributed by atoms with van der Waals surface area (Å²) in [5, 5.41) is 14.3. The van der Waals surface area contributed by atoms with Gasteiger partial charge in [-0.1, -0.05) is 24.3 Å². The summed E-state index contributed by atoms with van der Waals surface area (Å²) in [5.41, 5.74) is 1.75. The number of aromatic nitrogens is 5. The van der Waals surface area contributed by atoms with E-state index in [1.807, 2.05) is 6.07 Å². The van der Waals surface area contributed by atoms with Gasteiger partial charge in [0.1, 0.15) is 11.0 Å². The molecule has 7 heterocycles. The standard InChI is InChI=1S/C33H39N7O3/c1-4-16-39-31(41)25-20-34-32(37-30(25)40(39)27-9-5-8-26(36-27)33(2,3)42)35-23-12-10-21(11-13-23)24-7-6-19-43-29-22-14-17-38(18-15-22)28(24)29/h4-5,8-13,20,22,24,28-29,42H,1,6-7,14-19H2,2-3H3,(H,34,35,37). The highest BCUT2D eigenvalue weighted by atomic mass is 16.5. The number of allylic oxidation sites excluding steroid dienone is 1. The lowest BCUT2D eigenvalue weighted by Gasteiger charge is -2.52. The number of hydrogen-bond donors (Lipinski definition) is 2. The van der Waals surface area contributed by atoms with E-state index in [0.717, 1.165) is 25.1 Å². The Morgan fingerprint density at radius 1 is 1.12 bits per heavy atom. The second-order valence-electron chi connectivity index (χ2n) is 12.6. The average molecular weight is 582 g/mol. The van der Waals surface area contributed by atoms with E-state index < -0.39 is 5.60 Å². The van der Waals surface area contributed by atoms with Crippen LogP contribution in [0, 0.1) is 5.92 Å². The predicted octanol–water partition coefficient (Wildman–Crippen LogP) is 4.49. The van der Waals surface area contributed by atoms with Crippen LogP contribution in [0.5, 0.6) is 0 Å². The van der Waals surface area contributed by atoms with Gasteiger partial charge >= 0.3 is 0 Å². The Kier molecular flexibility index (Phi) is 7.15. The van der Waals surface area contributed by atoms with Crippen molar-refractivity contribution >= 4 is 22.7 Å². The number of anilines is 2. The van der Waals surface area contributed by atoms with E-state index in [-0.39, 0.29) is 12.1 Å². The number of nitrogens with one attached hydrogen (secondary N) is 1. The Balaban J connectivity index is 1.20. The monoisotopic (exact) mass is 581 g/mol. The van der Waals surface area contributed by atoms with Crippen LogP contribution in [0.25, 0.3) is 16.9 Å². The smallest absolute Gasteiger partial charge is 0.278 e. The lowest BCUT2D eigenvalue weighted by molar-refractivity contribution is -0.106. The number of aliphatic hydroxyl groups is 1. The van der Waals surface area contributed by atoms with E-state index in [2.05, 4.69) is 51.0 Å². The fraction of sp³-hybridized carbons (Fsp3) is 0.455. The number of hydrogen-bond acceptors (Lipinski definition) is 8. The minimum atomic E-state index is -1.14. The molecule has 10 nitrogen and oxygen atoms in total. The van der Waals surface area contributed by atoms with Crippen molar-refractivity contribution in [1.82, 2.24) is 29.2 Å². The number of ether oxygens (including phenoxy) is 1. The SMILES string of the molecule is C=CCn1c(=O)c2cnc(Nc3ccc(C4CCCOC5C6CCN(CC6)C45)cc3)nc2n1-c1cccc(C(C)(C)O)n1. The molecule has 0 saturated carbocycles. The maximum atomic E-state index is 13.3. The van der Waals surface area contributed by atoms with Crippen molar-refractivity contribution in [2.24, 2.45) is 5.92 Å². The van der Waals surface area contributed by atoms with Gasteiger partial charge in [-0.05, 0) is 88.4 Å². The third-order valence-electron chi connectivity index (χ3n) is 9.33. The van der Waals surface area contributed by atoms with Gasteiger partial charge in [0.05, 0.1) is 18.3 Å². The lowest BCUT2D eigenvalue weighted by atomic mass is 9.73. The summed E-state index contributed by atoms with van der Waals surface area (Å²) in [6.07, 6.45) is 8.29. The van der Waals surface area contributed by atoms with E-state index in [1.54, 1.807) is 42.9 Å². The minimum absolute atomic E-state index is 0.237. The number of nitrogens with zero attached hydrogens (tertiary/aromatic N) is 6. The van der Waals surface area contributed by atoms with Gasteiger partial charge in [0.15, 0.2) is 11.5 Å². The molecule has 4 saturated heterocycles. The molecule has 0 spiro atoms. The second-order valence-corrected chi connectivity index (χ2v) is 12.6. The number of pyridine rings is 1. The molecule has 4 fully saturated rings. The van der Waals surface area contributed by atoms with Gasteiger partial charge < -0.3 is 15.2 Å². The molecule has 0 aliphatic carbocycles. The van der Waals surface area contributed by atoms with Crippen molar-refractivity contribution < 1.29 is 9.84 Å². The van der Waals surface area contributed by atoms with Gasteiger partial charge in [0, 0.05) is 30.5 Å². The maximum absolute atomic E-state index is 13.3. The molecular formula is C33H39N7O3. The largest absolute Gasteiger partial charge is 0.384 e. The van der Waals surface area contributed by atoms with Gasteiger partial charge in [0.25, 0.3) is 5.56 Å². The highest BCUT2D eigenvalue weighted by Crippen LogP contribution is 2.44. The highest BCUT2D eigenvalue weighted by molar-refractivity contribution is 5.77. The molecule has 1 aromatic carbocycles. The summed E-state index contributed by atoms with van der Waals surface area (Å²) >= 11 is 0. The van der Waals surface area contributed by atoms with Gasteiger partial charge in [0.2, 0.25) is 5.95 Å². The van der Waals surface area contributed by atoms with Crippen molar-refractivity contribution in [3.8, 4) is 5.82 Å². The van der Waals surface area contributed by atoms with Gasteiger partial charge in [-0.25, -0.2) is 19.3 Å². The predicted molar refractivity (Wildman–Crippen MR) is 166 cm³/mol. The topological polar surface area (TPSA) is 110 Å². The highest BCUT2D eigenvalue weighted by Gasteiger charge is 2.47. The van der Waals surface area contributed by atoms with Crippen LogP contribution in [0.2, 0.25) is 0 Å². The zero-order chi connectivity index (χ0) is 29.7. The zero-order valence-electron chi connectivity index (χ0n) is 24.8. The fourth-order valence-electron chi connectivity index (χ4n) is 7.24. The first-order valence-corrected chi connectivity index (χ1v) is 15.3. The number of fused-ring (bicyclic) bond motifs is 3. The molecular weight excluding hydrogens is 542 g/mol. The lowest BCUT2D eigenvalue weighted by Crippen LogP contribution is -2.60. The normalized spacial score (nSPS) is 25.3. The van der Waals surface area contributed by atoms with Crippen molar-refractivity contribution in [2.75, 3.05) is 25.0 Å². The maximum Gasteiger partial charge on any atom is 0.278 e. The Morgan fingerprint density at radius 2 is 1.91 bits per heavy atom. The van der Waals surface area contributed by atoms with E-state index >= 15 is 0 Å². The molecule has 4 aliphatic rings. The van der Waals surface area contributed by atoms with Crippen LogP contribution in [0.1, 0.15) is 56.7 Å². The summed E-state index contributed by atoms with van der Waals surface area (Å²) in [6, 6.07) is 14.4. The molecule has 43 heavy (non-hydrogen) atoms. The fourth-order valence-corrected chi connectivity index (χ4v) is 7.24. The Bertz CT molecular complexity index is 1700. The second kappa shape index (κ2) is 11.0. The van der Waals surface area contributed by atoms with E-state index in [9.17, 15) is 9.90 Å². The zero-order valence-corrected chi connectivity index (χ0v) is 24.8. The summed E-state index contributed by atoms with van der Waals surface area (Å²) < 4.78 is 9.60. The van der Waals surface area contributed by atoms with E-state index in [1.165, 1.54) is 36.2 Å². The summed E-state index contributed by atoms with van der Waals surface area (Å²) in [6.45, 7) is 10.7. The van der Waals surface area contributed by atoms with Crippen LogP contribution in [-0.4, -0.2) is 66.2 Å². The van der Waals surface area contributed by atoms with Crippen molar-refractivity contribution in [2.45, 2.75) is 69.7 Å². The van der Waals surface area contributed by atoms with Crippen LogP contribution < -0.4 is 10.9 Å². The molecule has 3 unspecified atom stereocenters. The summed E-state index contributed by atoms with van der Waals surface area (Å²) in [4.78, 5) is 29.9. The first-order chi connectivity index (χ1) is 20.8. The number of benzene rings is 1. The molecule has 0 radical (unpaired) electrons. The average Bonchev–Trinajstić information content (AvgIpc) is 3.14. The molecule has 8 rings (SSSR count). The third kappa shape index (κ3) is 5.07. The van der Waals surface area contributed by atoms with Crippen molar-refractivity contribution in [1.29, 1.82) is 0 Å². The van der Waals surface area contributed by atoms with Gasteiger partial charge in [-0.3, -0.25) is 9.69 Å². The number of rotatable bonds is 7. The first-order valence-electron chi connectivity index (χ1n) is 15.3. The molecule has 2 bridgehead atoms. The van der Waals surface area contributed by atoms with Crippen LogP contribution >= 0.6 is 0 Å². The molecule has 3 atom stereocenters. The Morgan fingerprint density at radius 3 is 2.65 bits per heavy atom. The number of piperidine rings is 3. The Labute approximate surface area is 251 Å². The summed E-state index contributed by atoms with van der Waals surface area (Å²) in [5.74, 6) is 2.00. The molecule has 4 aliphatic heterocycles. The van der Waals surface area contributed by atoms with Gasteiger partial charge in [-0.2, -0.15) is 4.98 Å². The van der Waals surface area contributed by atoms with E-state index in [4.69, 9.17) is 9.72 Å². The van der Waals surface area contributed by atoms with Crippen LogP contribution in [-0.2, 0) is 16.9 Å². The third-order valence-corrected chi connectivity index (χ3v) is 9.33. The first kappa shape index (κ1) is 27.9. The van der Waals surface area contributed by atoms with E-state index in [0.29, 0.717) is 52.5 Å². The Hall–Kier alpha value is -3.86. The molecule has 3 aromatic heterocycles. The van der Waals surface area contributed by atoms with Crippen molar-refractivity contribution in [3.63, 3.8) is 0 Å². The molecule has 10 heteroatoms. The quantitative estimate of drug-likeness (QED) is 0.307. The molecule has 224 valence electrons. The van der Waals surface area contributed by atoms with Crippen LogP contribution in [0.15, 0.2) is 66.1 Å². The van der Waals surface area contributed by atoms with Crippen LogP contribution in [0.3, 0.4) is 0 Å².